The fourth-order valence-electron chi connectivity index (χ4n) is 1.30. The highest BCUT2D eigenvalue weighted by molar-refractivity contribution is 7.99. The van der Waals surface area contributed by atoms with Gasteiger partial charge < -0.3 is 5.11 Å². The first-order valence-corrected chi connectivity index (χ1v) is 4.94. The second kappa shape index (κ2) is 3.30. The highest BCUT2D eigenvalue weighted by Gasteiger charge is 2.19. The second-order valence-corrected chi connectivity index (χ2v) is 3.85. The molecule has 1 aromatic rings. The minimum atomic E-state index is -0.845. The molecule has 4 heteroatoms. The number of nitrogens with zero attached hydrogens (tertiary/aromatic N) is 1. The highest BCUT2D eigenvalue weighted by Crippen LogP contribution is 2.29. The average Bonchev–Trinajstić information content (AvgIpc) is 2.17. The Balaban J connectivity index is 2.24. The molecule has 2 rings (SSSR count). The molecule has 0 atom stereocenters. The number of hydrogen-bond donors (Lipinski definition) is 1. The van der Waals surface area contributed by atoms with Crippen molar-refractivity contribution in [3.63, 3.8) is 0 Å². The van der Waals surface area contributed by atoms with Crippen LogP contribution >= 0.6 is 11.8 Å². The van der Waals surface area contributed by atoms with Crippen LogP contribution in [-0.2, 0) is 6.54 Å². The summed E-state index contributed by atoms with van der Waals surface area (Å²) < 4.78 is 0. The Labute approximate surface area is 80.4 Å². The molecule has 1 amide bonds. The maximum Gasteiger partial charge on any atom is 0.408 e. The minimum Gasteiger partial charge on any atom is -0.465 e. The lowest BCUT2D eigenvalue weighted by atomic mass is 10.2. The number of benzene rings is 1. The molecule has 0 fully saturated rings. The van der Waals surface area contributed by atoms with Crippen molar-refractivity contribution in [3.8, 4) is 0 Å². The van der Waals surface area contributed by atoms with Gasteiger partial charge in [0.25, 0.3) is 0 Å². The molecule has 1 N–H and O–H groups in total. The summed E-state index contributed by atoms with van der Waals surface area (Å²) in [7, 11) is 0. The molecule has 13 heavy (non-hydrogen) atoms. The van der Waals surface area contributed by atoms with Crippen molar-refractivity contribution in [2.45, 2.75) is 11.4 Å². The molecule has 3 nitrogen and oxygen atoms in total. The zero-order valence-electron chi connectivity index (χ0n) is 6.93. The fourth-order valence-corrected chi connectivity index (χ4v) is 2.29. The van der Waals surface area contributed by atoms with E-state index in [1.165, 1.54) is 9.80 Å². The molecule has 1 heterocycles. The van der Waals surface area contributed by atoms with Gasteiger partial charge in [0.1, 0.15) is 0 Å². The van der Waals surface area contributed by atoms with E-state index in [4.69, 9.17) is 5.11 Å². The van der Waals surface area contributed by atoms with Gasteiger partial charge in [-0.05, 0) is 11.6 Å². The molecule has 1 aliphatic rings. The van der Waals surface area contributed by atoms with E-state index in [1.54, 1.807) is 11.8 Å². The predicted molar refractivity (Wildman–Crippen MR) is 50.7 cm³/mol. The summed E-state index contributed by atoms with van der Waals surface area (Å²) in [5.41, 5.74) is 1.10. The van der Waals surface area contributed by atoms with Crippen LogP contribution in [0.4, 0.5) is 4.79 Å². The van der Waals surface area contributed by atoms with Gasteiger partial charge in [-0.1, -0.05) is 18.2 Å². The zero-order chi connectivity index (χ0) is 9.26. The summed E-state index contributed by atoms with van der Waals surface area (Å²) >= 11 is 1.57. The van der Waals surface area contributed by atoms with Gasteiger partial charge in [0.2, 0.25) is 0 Å². The van der Waals surface area contributed by atoms with Gasteiger partial charge in [0.15, 0.2) is 0 Å². The lowest BCUT2D eigenvalue weighted by Crippen LogP contribution is -2.31. The van der Waals surface area contributed by atoms with E-state index in [2.05, 4.69) is 0 Å². The maximum absolute atomic E-state index is 10.7. The first kappa shape index (κ1) is 8.44. The van der Waals surface area contributed by atoms with E-state index < -0.39 is 6.09 Å². The van der Waals surface area contributed by atoms with Gasteiger partial charge in [-0.2, -0.15) is 0 Å². The van der Waals surface area contributed by atoms with Gasteiger partial charge in [0.05, 0.1) is 12.4 Å². The summed E-state index contributed by atoms with van der Waals surface area (Å²) in [6.45, 7) is 0.512. The van der Waals surface area contributed by atoms with E-state index >= 15 is 0 Å². The van der Waals surface area contributed by atoms with Crippen LogP contribution in [0.3, 0.4) is 0 Å². The number of fused-ring (bicyclic) bond motifs is 1. The van der Waals surface area contributed by atoms with Crippen molar-refractivity contribution in [1.29, 1.82) is 0 Å². The van der Waals surface area contributed by atoms with Crippen LogP contribution < -0.4 is 0 Å². The SMILES string of the molecule is O=C(O)N1CSc2ccccc2C1. The van der Waals surface area contributed by atoms with Crippen molar-refractivity contribution >= 4 is 17.9 Å². The quantitative estimate of drug-likeness (QED) is 0.690. The Bertz CT molecular complexity index is 340. The largest absolute Gasteiger partial charge is 0.465 e. The van der Waals surface area contributed by atoms with Crippen LogP contribution in [0, 0.1) is 0 Å². The number of carbonyl (C=O) groups is 1. The molecular weight excluding hydrogens is 186 g/mol. The van der Waals surface area contributed by atoms with Gasteiger partial charge >= 0.3 is 6.09 Å². The summed E-state index contributed by atoms with van der Waals surface area (Å²) in [5.74, 6) is 0.534. The van der Waals surface area contributed by atoms with Gasteiger partial charge in [-0.15, -0.1) is 11.8 Å². The first-order chi connectivity index (χ1) is 6.27. The zero-order valence-corrected chi connectivity index (χ0v) is 7.75. The van der Waals surface area contributed by atoms with Crippen LogP contribution in [0.5, 0.6) is 0 Å². The molecule has 0 radical (unpaired) electrons. The Kier molecular flexibility index (Phi) is 2.14. The standard InChI is InChI=1S/C9H9NO2S/c11-9(12)10-5-7-3-1-2-4-8(7)13-6-10/h1-4H,5-6H2,(H,11,12). The summed E-state index contributed by atoms with van der Waals surface area (Å²) in [6, 6.07) is 7.91. The smallest absolute Gasteiger partial charge is 0.408 e. The van der Waals surface area contributed by atoms with Crippen LogP contribution in [0.2, 0.25) is 0 Å². The molecule has 0 aliphatic carbocycles. The van der Waals surface area contributed by atoms with E-state index in [0.717, 1.165) is 5.56 Å². The minimum absolute atomic E-state index is 0.512. The predicted octanol–water partition coefficient (Wildman–Crippen LogP) is 2.23. The summed E-state index contributed by atoms with van der Waals surface area (Å²) in [4.78, 5) is 13.3. The molecule has 68 valence electrons. The van der Waals surface area contributed by atoms with Crippen molar-refractivity contribution in [3.05, 3.63) is 29.8 Å². The van der Waals surface area contributed by atoms with Crippen LogP contribution in [0.25, 0.3) is 0 Å². The third-order valence-electron chi connectivity index (χ3n) is 1.98. The van der Waals surface area contributed by atoms with E-state index in [9.17, 15) is 4.79 Å². The van der Waals surface area contributed by atoms with Crippen LogP contribution in [-0.4, -0.2) is 22.0 Å². The second-order valence-electron chi connectivity index (χ2n) is 2.86. The van der Waals surface area contributed by atoms with Crippen molar-refractivity contribution in [2.75, 3.05) is 5.88 Å². The fraction of sp³-hybridized carbons (Fsp3) is 0.222. The van der Waals surface area contributed by atoms with Crippen molar-refractivity contribution in [2.24, 2.45) is 0 Å². The van der Waals surface area contributed by atoms with Crippen LogP contribution in [0.1, 0.15) is 5.56 Å². The normalized spacial score (nSPS) is 15.2. The third kappa shape index (κ3) is 1.62. The van der Waals surface area contributed by atoms with E-state index in [0.29, 0.717) is 12.4 Å². The average molecular weight is 195 g/mol. The van der Waals surface area contributed by atoms with Crippen LogP contribution in [0.15, 0.2) is 29.2 Å². The molecule has 0 saturated carbocycles. The molecule has 0 spiro atoms. The number of thioether (sulfide) groups is 1. The number of hydrogen-bond acceptors (Lipinski definition) is 2. The lowest BCUT2D eigenvalue weighted by Gasteiger charge is -2.25. The van der Waals surface area contributed by atoms with Crippen molar-refractivity contribution in [1.82, 2.24) is 4.90 Å². The Morgan fingerprint density at radius 2 is 2.23 bits per heavy atom. The van der Waals surface area contributed by atoms with E-state index in [-0.39, 0.29) is 0 Å². The molecule has 1 aromatic carbocycles. The van der Waals surface area contributed by atoms with Gasteiger partial charge in [0, 0.05) is 4.90 Å². The summed E-state index contributed by atoms with van der Waals surface area (Å²) in [6.07, 6.45) is -0.845. The monoisotopic (exact) mass is 195 g/mol. The molecular formula is C9H9NO2S. The Morgan fingerprint density at radius 1 is 1.46 bits per heavy atom. The van der Waals surface area contributed by atoms with E-state index in [1.807, 2.05) is 24.3 Å². The molecule has 0 saturated heterocycles. The highest BCUT2D eigenvalue weighted by atomic mass is 32.2. The van der Waals surface area contributed by atoms with Gasteiger partial charge in [-0.25, -0.2) is 4.79 Å². The number of rotatable bonds is 0. The molecule has 1 aliphatic heterocycles. The molecule has 0 unspecified atom stereocenters. The number of carboxylic acid groups (broad SMARTS) is 1. The lowest BCUT2D eigenvalue weighted by molar-refractivity contribution is 0.150. The first-order valence-electron chi connectivity index (χ1n) is 3.96. The van der Waals surface area contributed by atoms with Gasteiger partial charge in [-0.3, -0.25) is 4.90 Å². The third-order valence-corrected chi connectivity index (χ3v) is 3.13. The summed E-state index contributed by atoms with van der Waals surface area (Å²) in [5, 5.41) is 8.78. The maximum atomic E-state index is 10.7. The van der Waals surface area contributed by atoms with Crippen molar-refractivity contribution < 1.29 is 9.90 Å². The molecule has 0 aromatic heterocycles. The Morgan fingerprint density at radius 3 is 3.00 bits per heavy atom. The topological polar surface area (TPSA) is 40.5 Å². The number of amides is 1. The molecule has 0 bridgehead atoms. The Hall–Kier alpha value is -1.16.